The molecule has 0 fully saturated rings. The normalized spacial score (nSPS) is 11.2. The molecular weight excluding hydrogens is 989 g/mol. The van der Waals surface area contributed by atoms with Crippen molar-refractivity contribution < 1.29 is 9.47 Å². The van der Waals surface area contributed by atoms with Crippen LogP contribution in [0.3, 0.4) is 0 Å². The minimum atomic E-state index is 0.586. The Morgan fingerprint density at radius 2 is 0.795 bits per heavy atom. The van der Waals surface area contributed by atoms with Crippen LogP contribution in [0.25, 0.3) is 53.2 Å². The molecular formula is C72H64N2O2S2. The molecule has 0 unspecified atom stereocenters. The molecule has 0 saturated carbocycles. The molecule has 0 aliphatic rings. The molecule has 9 aromatic carbocycles. The molecule has 78 heavy (non-hydrogen) atoms. The lowest BCUT2D eigenvalue weighted by molar-refractivity contribution is 0.301. The van der Waals surface area contributed by atoms with Crippen molar-refractivity contribution in [3.05, 3.63) is 265 Å². The highest BCUT2D eigenvalue weighted by Crippen LogP contribution is 2.49. The number of fused-ring (bicyclic) bond motifs is 2. The third kappa shape index (κ3) is 12.1. The number of hydrogen-bond donors (Lipinski definition) is 0. The molecule has 6 heteroatoms. The molecule has 11 aromatic rings. The summed E-state index contributed by atoms with van der Waals surface area (Å²) in [4.78, 5) is 6.96. The maximum absolute atomic E-state index is 7.04. The van der Waals surface area contributed by atoms with Gasteiger partial charge in [0.25, 0.3) is 0 Å². The van der Waals surface area contributed by atoms with Crippen LogP contribution >= 0.6 is 22.7 Å². The Morgan fingerprint density at radius 3 is 1.22 bits per heavy atom. The Bertz CT molecular complexity index is 3600. The summed E-state index contributed by atoms with van der Waals surface area (Å²) in [7, 11) is 0. The van der Waals surface area contributed by atoms with E-state index in [-0.39, 0.29) is 0 Å². The average molecular weight is 1050 g/mol. The van der Waals surface area contributed by atoms with Crippen LogP contribution < -0.4 is 19.3 Å². The number of rotatable bonds is 22. The first kappa shape index (κ1) is 51.7. The molecule has 0 spiro atoms. The molecule has 0 atom stereocenters. The minimum Gasteiger partial charge on any atom is -0.493 e. The van der Waals surface area contributed by atoms with Gasteiger partial charge in [0.15, 0.2) is 0 Å². The van der Waals surface area contributed by atoms with Crippen molar-refractivity contribution in [2.24, 2.45) is 0 Å². The largest absolute Gasteiger partial charge is 0.493 e. The van der Waals surface area contributed by atoms with E-state index in [1.807, 2.05) is 12.2 Å². The van der Waals surface area contributed by atoms with E-state index in [1.165, 1.54) is 42.4 Å². The molecule has 2 heterocycles. The van der Waals surface area contributed by atoms with Gasteiger partial charge in [0.1, 0.15) is 11.5 Å². The summed E-state index contributed by atoms with van der Waals surface area (Å²) in [5.74, 6) is 1.72. The van der Waals surface area contributed by atoms with Gasteiger partial charge in [0.05, 0.1) is 13.2 Å². The first-order valence-corrected chi connectivity index (χ1v) is 28.8. The third-order valence-corrected chi connectivity index (χ3v) is 16.6. The first-order valence-electron chi connectivity index (χ1n) is 27.1. The predicted octanol–water partition coefficient (Wildman–Crippen LogP) is 21.1. The maximum Gasteiger partial charge on any atom is 0.128 e. The van der Waals surface area contributed by atoms with Crippen molar-refractivity contribution in [2.45, 2.75) is 52.4 Å². The standard InChI is InChI=1S/C72H64N2O2S2/c1-5-53-25-19-27-55(43-53)23-13-15-39-75-67-49-66(72-48-58-46-64(36-38-70(58)78-72)74(60-31-11-8-12-32-60)62-34-18-22-52(4)42-62)68(76-40-16-14-24-56-28-20-26-54(6-2)44-56)50-65(67)71-47-57-45-63(35-37-69(57)77-71)73(59-29-9-7-10-30-59)61-33-17-21-51(3)41-61/h5-12,17-22,25-38,41-50H,1-2,13-16,23-24,39-40H2,3-4H3. The van der Waals surface area contributed by atoms with Crippen LogP contribution in [0.5, 0.6) is 11.5 Å². The average Bonchev–Trinajstić information content (AvgIpc) is 4.25. The van der Waals surface area contributed by atoms with Gasteiger partial charge in [-0.1, -0.05) is 135 Å². The van der Waals surface area contributed by atoms with E-state index >= 15 is 0 Å². The molecule has 0 bridgehead atoms. The van der Waals surface area contributed by atoms with E-state index < -0.39 is 0 Å². The smallest absolute Gasteiger partial charge is 0.128 e. The fourth-order valence-electron chi connectivity index (χ4n) is 10.3. The van der Waals surface area contributed by atoms with Crippen molar-refractivity contribution in [3.63, 3.8) is 0 Å². The molecule has 11 rings (SSSR count). The highest BCUT2D eigenvalue weighted by Gasteiger charge is 2.22. The summed E-state index contributed by atoms with van der Waals surface area (Å²) in [5.41, 5.74) is 16.1. The zero-order chi connectivity index (χ0) is 53.2. The van der Waals surface area contributed by atoms with E-state index in [0.717, 1.165) is 116 Å². The lowest BCUT2D eigenvalue weighted by atomic mass is 10.0. The molecule has 0 aliphatic carbocycles. The molecule has 4 nitrogen and oxygen atoms in total. The van der Waals surface area contributed by atoms with Gasteiger partial charge in [-0.3, -0.25) is 0 Å². The van der Waals surface area contributed by atoms with Crippen LogP contribution in [0, 0.1) is 13.8 Å². The number of thiophene rings is 2. The van der Waals surface area contributed by atoms with Gasteiger partial charge in [0.2, 0.25) is 0 Å². The molecule has 386 valence electrons. The molecule has 0 saturated heterocycles. The number of ether oxygens (including phenoxy) is 2. The predicted molar refractivity (Wildman–Crippen MR) is 337 cm³/mol. The molecule has 0 aliphatic heterocycles. The number of hydrogen-bond acceptors (Lipinski definition) is 6. The fourth-order valence-corrected chi connectivity index (χ4v) is 12.5. The second-order valence-corrected chi connectivity index (χ2v) is 22.2. The van der Waals surface area contributed by atoms with Crippen LogP contribution in [0.1, 0.15) is 59.1 Å². The molecule has 2 aromatic heterocycles. The van der Waals surface area contributed by atoms with Crippen LogP contribution in [0.15, 0.2) is 232 Å². The van der Waals surface area contributed by atoms with Crippen molar-refractivity contribution in [2.75, 3.05) is 23.0 Å². The van der Waals surface area contributed by atoms with Crippen molar-refractivity contribution in [1.29, 1.82) is 0 Å². The summed E-state index contributed by atoms with van der Waals surface area (Å²) >= 11 is 3.60. The van der Waals surface area contributed by atoms with E-state index in [2.05, 4.69) is 255 Å². The van der Waals surface area contributed by atoms with Gasteiger partial charge in [-0.25, -0.2) is 0 Å². The van der Waals surface area contributed by atoms with Crippen molar-refractivity contribution in [3.8, 4) is 32.4 Å². The highest BCUT2D eigenvalue weighted by atomic mass is 32.1. The lowest BCUT2D eigenvalue weighted by Crippen LogP contribution is -2.09. The number of para-hydroxylation sites is 2. The number of nitrogens with zero attached hydrogens (tertiary/aromatic N) is 2. The Labute approximate surface area is 468 Å². The van der Waals surface area contributed by atoms with Gasteiger partial charge < -0.3 is 19.3 Å². The Kier molecular flexibility index (Phi) is 16.1. The number of aryl methyl sites for hydroxylation is 4. The molecule has 0 N–H and O–H groups in total. The van der Waals surface area contributed by atoms with Crippen LogP contribution in [0.4, 0.5) is 34.1 Å². The van der Waals surface area contributed by atoms with Gasteiger partial charge in [0, 0.05) is 64.4 Å². The van der Waals surface area contributed by atoms with Crippen LogP contribution in [-0.4, -0.2) is 13.2 Å². The maximum atomic E-state index is 7.04. The minimum absolute atomic E-state index is 0.586. The third-order valence-electron chi connectivity index (χ3n) is 14.3. The highest BCUT2D eigenvalue weighted by molar-refractivity contribution is 7.22. The number of benzene rings is 9. The van der Waals surface area contributed by atoms with Gasteiger partial charge in [-0.2, -0.15) is 0 Å². The van der Waals surface area contributed by atoms with Crippen LogP contribution in [-0.2, 0) is 12.8 Å². The second kappa shape index (κ2) is 24.3. The summed E-state index contributed by atoms with van der Waals surface area (Å²) in [6.45, 7) is 13.5. The van der Waals surface area contributed by atoms with Gasteiger partial charge >= 0.3 is 0 Å². The van der Waals surface area contributed by atoms with Gasteiger partial charge in [-0.15, -0.1) is 22.7 Å². The topological polar surface area (TPSA) is 24.9 Å². The summed E-state index contributed by atoms with van der Waals surface area (Å²) in [5, 5.41) is 2.35. The van der Waals surface area contributed by atoms with E-state index in [1.54, 1.807) is 22.7 Å². The summed E-state index contributed by atoms with van der Waals surface area (Å²) in [6, 6.07) is 79.0. The zero-order valence-electron chi connectivity index (χ0n) is 44.5. The zero-order valence-corrected chi connectivity index (χ0v) is 46.2. The van der Waals surface area contributed by atoms with E-state index in [9.17, 15) is 0 Å². The monoisotopic (exact) mass is 1050 g/mol. The summed E-state index contributed by atoms with van der Waals surface area (Å²) in [6.07, 6.45) is 9.63. The van der Waals surface area contributed by atoms with Gasteiger partial charge in [-0.05, 0) is 206 Å². The second-order valence-electron chi connectivity index (χ2n) is 20.0. The Morgan fingerprint density at radius 1 is 0.385 bits per heavy atom. The van der Waals surface area contributed by atoms with Crippen LogP contribution in [0.2, 0.25) is 0 Å². The SMILES string of the molecule is C=Cc1cccc(CCCCOc2cc(-c3cc4cc(N(c5ccccc5)c5cccc(C)c5)ccc4s3)c(OCCCCc3cccc(C=C)c3)cc2-c2cc3cc(N(c4ccccc4)c4cccc(C)c4)ccc3s2)c1. The number of anilines is 6. The van der Waals surface area contributed by atoms with E-state index in [4.69, 9.17) is 9.47 Å². The van der Waals surface area contributed by atoms with E-state index in [0.29, 0.717) is 13.2 Å². The lowest BCUT2D eigenvalue weighted by Gasteiger charge is -2.25. The van der Waals surface area contributed by atoms with Crippen molar-refractivity contribution in [1.82, 2.24) is 0 Å². The Hall–Kier alpha value is -8.42. The summed E-state index contributed by atoms with van der Waals surface area (Å²) < 4.78 is 16.5. The fraction of sp³-hybridized carbons (Fsp3) is 0.139. The first-order chi connectivity index (χ1) is 38.3. The van der Waals surface area contributed by atoms with Crippen molar-refractivity contribution >= 4 is 89.1 Å². The molecule has 0 radical (unpaired) electrons. The molecule has 0 amide bonds. The Balaban J connectivity index is 0.982. The number of unbranched alkanes of at least 4 members (excludes halogenated alkanes) is 2. The quantitative estimate of drug-likeness (QED) is 0.0632.